The van der Waals surface area contributed by atoms with E-state index in [-0.39, 0.29) is 6.10 Å². The molecule has 1 atom stereocenters. The molecule has 1 unspecified atom stereocenters. The van der Waals surface area contributed by atoms with Gasteiger partial charge in [-0.25, -0.2) is 0 Å². The third-order valence-electron chi connectivity index (χ3n) is 4.67. The molecule has 1 saturated carbocycles. The first-order valence-electron chi connectivity index (χ1n) is 7.77. The Morgan fingerprint density at radius 1 is 1.30 bits per heavy atom. The Hall–Kier alpha value is -0.900. The lowest BCUT2D eigenvalue weighted by atomic mass is 9.96. The number of likely N-dealkylation sites (N-methyl/N-ethyl adjacent to an activating group) is 1. The van der Waals surface area contributed by atoms with Gasteiger partial charge in [-0.2, -0.15) is 0 Å². The minimum Gasteiger partial charge on any atom is -0.389 e. The maximum absolute atomic E-state index is 10.5. The lowest BCUT2D eigenvalue weighted by molar-refractivity contribution is -0.0163. The first-order valence-corrected chi connectivity index (χ1v) is 7.77. The van der Waals surface area contributed by atoms with Gasteiger partial charge in [0.25, 0.3) is 0 Å². The molecule has 0 bridgehead atoms. The van der Waals surface area contributed by atoms with Crippen molar-refractivity contribution in [2.75, 3.05) is 26.7 Å². The summed E-state index contributed by atoms with van der Waals surface area (Å²) < 4.78 is 5.95. The second kappa shape index (κ2) is 5.84. The molecule has 1 aromatic rings. The van der Waals surface area contributed by atoms with Crippen LogP contribution in [0.1, 0.15) is 42.9 Å². The Morgan fingerprint density at radius 3 is 2.85 bits per heavy atom. The van der Waals surface area contributed by atoms with E-state index < -0.39 is 5.60 Å². The van der Waals surface area contributed by atoms with Gasteiger partial charge < -0.3 is 14.7 Å². The van der Waals surface area contributed by atoms with Gasteiger partial charge in [0, 0.05) is 13.1 Å². The minimum atomic E-state index is -0.469. The van der Waals surface area contributed by atoms with Crippen LogP contribution in [0.25, 0.3) is 0 Å². The summed E-state index contributed by atoms with van der Waals surface area (Å²) in [6, 6.07) is 8.57. The molecule has 1 fully saturated rings. The highest BCUT2D eigenvalue weighted by atomic mass is 16.5. The van der Waals surface area contributed by atoms with Crippen molar-refractivity contribution in [3.05, 3.63) is 35.4 Å². The molecular formula is C17H25NO2. The van der Waals surface area contributed by atoms with E-state index in [2.05, 4.69) is 36.2 Å². The summed E-state index contributed by atoms with van der Waals surface area (Å²) in [7, 11) is 2.09. The summed E-state index contributed by atoms with van der Waals surface area (Å²) in [5.74, 6) is 0. The van der Waals surface area contributed by atoms with Crippen molar-refractivity contribution in [2.45, 2.75) is 43.8 Å². The zero-order valence-electron chi connectivity index (χ0n) is 12.3. The van der Waals surface area contributed by atoms with Crippen LogP contribution in [0.4, 0.5) is 0 Å². The van der Waals surface area contributed by atoms with Crippen LogP contribution in [0.15, 0.2) is 24.3 Å². The highest BCUT2D eigenvalue weighted by molar-refractivity contribution is 5.31. The number of fused-ring (bicyclic) bond motifs is 1. The monoisotopic (exact) mass is 275 g/mol. The van der Waals surface area contributed by atoms with Gasteiger partial charge >= 0.3 is 0 Å². The van der Waals surface area contributed by atoms with Crippen molar-refractivity contribution in [3.63, 3.8) is 0 Å². The molecular weight excluding hydrogens is 250 g/mol. The first-order chi connectivity index (χ1) is 9.66. The zero-order chi connectivity index (χ0) is 14.0. The van der Waals surface area contributed by atoms with E-state index >= 15 is 0 Å². The highest BCUT2D eigenvalue weighted by Crippen LogP contribution is 2.32. The smallest absolute Gasteiger partial charge is 0.0954 e. The highest BCUT2D eigenvalue weighted by Gasteiger charge is 2.33. The van der Waals surface area contributed by atoms with Crippen LogP contribution < -0.4 is 0 Å². The maximum Gasteiger partial charge on any atom is 0.0954 e. The van der Waals surface area contributed by atoms with Crippen LogP contribution in [0, 0.1) is 0 Å². The van der Waals surface area contributed by atoms with Gasteiger partial charge in [-0.15, -0.1) is 0 Å². The molecule has 0 saturated heterocycles. The van der Waals surface area contributed by atoms with E-state index in [1.165, 1.54) is 11.1 Å². The van der Waals surface area contributed by atoms with Gasteiger partial charge in [0.05, 0.1) is 18.3 Å². The molecule has 3 nitrogen and oxygen atoms in total. The fourth-order valence-electron chi connectivity index (χ4n) is 3.67. The summed E-state index contributed by atoms with van der Waals surface area (Å²) in [4.78, 5) is 2.23. The number of hydrogen-bond donors (Lipinski definition) is 1. The summed E-state index contributed by atoms with van der Waals surface area (Å²) >= 11 is 0. The predicted octanol–water partition coefficient (Wildman–Crippen LogP) is 2.54. The van der Waals surface area contributed by atoms with Crippen molar-refractivity contribution < 1.29 is 9.84 Å². The lowest BCUT2D eigenvalue weighted by Gasteiger charge is -2.33. The number of ether oxygens (including phenoxy) is 1. The third-order valence-corrected chi connectivity index (χ3v) is 4.67. The molecule has 1 heterocycles. The largest absolute Gasteiger partial charge is 0.389 e. The van der Waals surface area contributed by atoms with Gasteiger partial charge in [-0.05, 0) is 37.4 Å². The Kier molecular flexibility index (Phi) is 4.11. The summed E-state index contributed by atoms with van der Waals surface area (Å²) in [6.07, 6.45) is 5.37. The number of rotatable bonds is 4. The van der Waals surface area contributed by atoms with Gasteiger partial charge in [0.15, 0.2) is 0 Å². The lowest BCUT2D eigenvalue weighted by Crippen LogP contribution is -2.41. The fraction of sp³-hybridized carbons (Fsp3) is 0.647. The van der Waals surface area contributed by atoms with E-state index in [4.69, 9.17) is 4.74 Å². The molecule has 0 aromatic heterocycles. The molecule has 1 aliphatic heterocycles. The second-order valence-corrected chi connectivity index (χ2v) is 6.44. The molecule has 2 aliphatic rings. The molecule has 1 aliphatic carbocycles. The van der Waals surface area contributed by atoms with Crippen LogP contribution in [0.5, 0.6) is 0 Å². The van der Waals surface area contributed by atoms with Crippen LogP contribution in [0.2, 0.25) is 0 Å². The van der Waals surface area contributed by atoms with E-state index in [9.17, 15) is 5.11 Å². The van der Waals surface area contributed by atoms with Gasteiger partial charge in [0.2, 0.25) is 0 Å². The Bertz CT molecular complexity index is 454. The molecule has 0 spiro atoms. The average Bonchev–Trinajstić information content (AvgIpc) is 2.85. The molecule has 1 N–H and O–H groups in total. The fourth-order valence-corrected chi connectivity index (χ4v) is 3.67. The van der Waals surface area contributed by atoms with E-state index in [1.54, 1.807) is 0 Å². The standard InChI is InChI=1S/C17H25NO2/c1-18(13-17(19)9-4-5-10-17)12-16-15-7-3-2-6-14(15)8-11-20-16/h2-3,6-7,16,19H,4-5,8-13H2,1H3. The van der Waals surface area contributed by atoms with E-state index in [0.29, 0.717) is 0 Å². The first kappa shape index (κ1) is 14.1. The summed E-state index contributed by atoms with van der Waals surface area (Å²) in [6.45, 7) is 2.42. The van der Waals surface area contributed by atoms with Crippen LogP contribution in [-0.2, 0) is 11.2 Å². The SMILES string of the molecule is CN(CC1OCCc2ccccc21)CC1(O)CCCC1. The van der Waals surface area contributed by atoms with Crippen molar-refractivity contribution in [1.82, 2.24) is 4.90 Å². The van der Waals surface area contributed by atoms with Crippen molar-refractivity contribution in [2.24, 2.45) is 0 Å². The normalized spacial score (nSPS) is 24.9. The maximum atomic E-state index is 10.5. The molecule has 3 rings (SSSR count). The van der Waals surface area contributed by atoms with E-state index in [0.717, 1.165) is 51.8 Å². The number of aliphatic hydroxyl groups is 1. The zero-order valence-corrected chi connectivity index (χ0v) is 12.3. The van der Waals surface area contributed by atoms with Gasteiger partial charge in [-0.1, -0.05) is 37.1 Å². The number of nitrogens with zero attached hydrogens (tertiary/aromatic N) is 1. The second-order valence-electron chi connectivity index (χ2n) is 6.44. The van der Waals surface area contributed by atoms with Crippen molar-refractivity contribution >= 4 is 0 Å². The molecule has 1 aromatic carbocycles. The average molecular weight is 275 g/mol. The molecule has 0 radical (unpaired) electrons. The summed E-state index contributed by atoms with van der Waals surface area (Å²) in [5.41, 5.74) is 2.27. The Morgan fingerprint density at radius 2 is 2.05 bits per heavy atom. The van der Waals surface area contributed by atoms with Crippen molar-refractivity contribution in [1.29, 1.82) is 0 Å². The Labute approximate surface area is 121 Å². The van der Waals surface area contributed by atoms with Crippen LogP contribution in [-0.4, -0.2) is 42.4 Å². The summed E-state index contributed by atoms with van der Waals surface area (Å²) in [5, 5.41) is 10.5. The minimum absolute atomic E-state index is 0.148. The van der Waals surface area contributed by atoms with Gasteiger partial charge in [-0.3, -0.25) is 0 Å². The molecule has 0 amide bonds. The Balaban J connectivity index is 1.63. The quantitative estimate of drug-likeness (QED) is 0.916. The molecule has 20 heavy (non-hydrogen) atoms. The van der Waals surface area contributed by atoms with Crippen LogP contribution >= 0.6 is 0 Å². The van der Waals surface area contributed by atoms with Crippen molar-refractivity contribution in [3.8, 4) is 0 Å². The van der Waals surface area contributed by atoms with E-state index in [1.807, 2.05) is 0 Å². The molecule has 3 heteroatoms. The van der Waals surface area contributed by atoms with Crippen LogP contribution in [0.3, 0.4) is 0 Å². The number of hydrogen-bond acceptors (Lipinski definition) is 3. The predicted molar refractivity (Wildman–Crippen MR) is 79.8 cm³/mol. The van der Waals surface area contributed by atoms with Gasteiger partial charge in [0.1, 0.15) is 0 Å². The topological polar surface area (TPSA) is 32.7 Å². The molecule has 110 valence electrons. The third kappa shape index (κ3) is 3.05. The number of benzene rings is 1.